The third-order valence-corrected chi connectivity index (χ3v) is 2.81. The van der Waals surface area contributed by atoms with Crippen LogP contribution in [0.1, 0.15) is 33.6 Å². The van der Waals surface area contributed by atoms with Crippen LogP contribution in [0.3, 0.4) is 0 Å². The maximum atomic E-state index is 11.4. The molecule has 0 saturated heterocycles. The van der Waals surface area contributed by atoms with Crippen LogP contribution in [0.5, 0.6) is 0 Å². The van der Waals surface area contributed by atoms with Crippen LogP contribution in [0.4, 0.5) is 0 Å². The van der Waals surface area contributed by atoms with Gasteiger partial charge >= 0.3 is 0 Å². The highest BCUT2D eigenvalue weighted by molar-refractivity contribution is 5.81. The fourth-order valence-electron chi connectivity index (χ4n) is 1.11. The zero-order valence-corrected chi connectivity index (χ0v) is 8.76. The summed E-state index contributed by atoms with van der Waals surface area (Å²) in [5.41, 5.74) is 6.07. The summed E-state index contributed by atoms with van der Waals surface area (Å²) in [6, 6.07) is -0.359. The highest BCUT2D eigenvalue weighted by atomic mass is 16.2. The molecule has 0 unspecified atom stereocenters. The Morgan fingerprint density at radius 3 is 2.46 bits per heavy atom. The molecule has 1 rings (SSSR count). The van der Waals surface area contributed by atoms with Crippen LogP contribution < -0.4 is 11.1 Å². The van der Waals surface area contributed by atoms with E-state index in [0.717, 1.165) is 6.54 Å². The Hall–Kier alpha value is -0.570. The molecule has 0 aromatic heterocycles. The first-order valence-electron chi connectivity index (χ1n) is 4.98. The van der Waals surface area contributed by atoms with Crippen molar-refractivity contribution in [1.82, 2.24) is 5.32 Å². The second-order valence-corrected chi connectivity index (χ2v) is 4.80. The third kappa shape index (κ3) is 2.99. The molecule has 0 aromatic carbocycles. The maximum absolute atomic E-state index is 11.4. The van der Waals surface area contributed by atoms with Crippen LogP contribution in [0, 0.1) is 11.3 Å². The molecule has 1 aliphatic rings. The number of amides is 1. The minimum Gasteiger partial charge on any atom is -0.354 e. The first-order valence-corrected chi connectivity index (χ1v) is 4.98. The lowest BCUT2D eigenvalue weighted by molar-refractivity contribution is -0.123. The summed E-state index contributed by atoms with van der Waals surface area (Å²) in [5, 5.41) is 2.90. The van der Waals surface area contributed by atoms with Gasteiger partial charge in [0.05, 0.1) is 6.04 Å². The molecule has 1 fully saturated rings. The first-order chi connectivity index (χ1) is 5.94. The van der Waals surface area contributed by atoms with E-state index in [1.807, 2.05) is 13.8 Å². The van der Waals surface area contributed by atoms with Crippen LogP contribution in [0.25, 0.3) is 0 Å². The maximum Gasteiger partial charge on any atom is 0.237 e. The molecule has 1 saturated carbocycles. The van der Waals surface area contributed by atoms with Gasteiger partial charge in [0.15, 0.2) is 0 Å². The van der Waals surface area contributed by atoms with E-state index in [1.165, 1.54) is 12.8 Å². The standard InChI is InChI=1S/C10H20N2O/c1-7(2)8(11)9(13)12-6-10(3)4-5-10/h7-8H,4-6,11H2,1-3H3,(H,12,13)/t8-/m1/s1. The fraction of sp³-hybridized carbons (Fsp3) is 0.900. The second kappa shape index (κ2) is 3.66. The summed E-state index contributed by atoms with van der Waals surface area (Å²) >= 11 is 0. The number of carbonyl (C=O) groups excluding carboxylic acids is 1. The summed E-state index contributed by atoms with van der Waals surface area (Å²) in [6.07, 6.45) is 2.45. The van der Waals surface area contributed by atoms with Gasteiger partial charge in [-0.05, 0) is 24.2 Å². The van der Waals surface area contributed by atoms with Crippen LogP contribution in [-0.2, 0) is 4.79 Å². The summed E-state index contributed by atoms with van der Waals surface area (Å²) in [4.78, 5) is 11.4. The quantitative estimate of drug-likeness (QED) is 0.681. The molecule has 76 valence electrons. The Balaban J connectivity index is 2.24. The van der Waals surface area contributed by atoms with Crippen LogP contribution in [0.2, 0.25) is 0 Å². The van der Waals surface area contributed by atoms with E-state index in [1.54, 1.807) is 0 Å². The number of carbonyl (C=O) groups is 1. The number of rotatable bonds is 4. The third-order valence-electron chi connectivity index (χ3n) is 2.81. The molecular weight excluding hydrogens is 164 g/mol. The lowest BCUT2D eigenvalue weighted by atomic mass is 10.0. The first kappa shape index (κ1) is 10.5. The molecule has 13 heavy (non-hydrogen) atoms. The Morgan fingerprint density at radius 1 is 1.54 bits per heavy atom. The average molecular weight is 184 g/mol. The highest BCUT2D eigenvalue weighted by Crippen LogP contribution is 2.43. The van der Waals surface area contributed by atoms with E-state index in [2.05, 4.69) is 12.2 Å². The summed E-state index contributed by atoms with van der Waals surface area (Å²) in [6.45, 7) is 6.90. The van der Waals surface area contributed by atoms with E-state index >= 15 is 0 Å². The van der Waals surface area contributed by atoms with Gasteiger partial charge in [0.25, 0.3) is 0 Å². The topological polar surface area (TPSA) is 55.1 Å². The molecule has 3 nitrogen and oxygen atoms in total. The summed E-state index contributed by atoms with van der Waals surface area (Å²) in [5.74, 6) is 0.204. The summed E-state index contributed by atoms with van der Waals surface area (Å²) < 4.78 is 0. The SMILES string of the molecule is CC(C)[C@@H](N)C(=O)NCC1(C)CC1. The van der Waals surface area contributed by atoms with Gasteiger partial charge in [0, 0.05) is 6.54 Å². The molecule has 1 atom stereocenters. The molecule has 0 heterocycles. The predicted octanol–water partition coefficient (Wildman–Crippen LogP) is 0.886. The minimum atomic E-state index is -0.359. The average Bonchev–Trinajstić information content (AvgIpc) is 2.79. The molecule has 1 aliphatic carbocycles. The zero-order chi connectivity index (χ0) is 10.1. The smallest absolute Gasteiger partial charge is 0.237 e. The van der Waals surface area contributed by atoms with Crippen molar-refractivity contribution >= 4 is 5.91 Å². The van der Waals surface area contributed by atoms with Crippen molar-refractivity contribution in [2.75, 3.05) is 6.54 Å². The molecule has 0 radical (unpaired) electrons. The fourth-order valence-corrected chi connectivity index (χ4v) is 1.11. The van der Waals surface area contributed by atoms with Gasteiger partial charge in [-0.25, -0.2) is 0 Å². The number of nitrogens with two attached hydrogens (primary N) is 1. The largest absolute Gasteiger partial charge is 0.354 e. The van der Waals surface area contributed by atoms with Gasteiger partial charge in [-0.1, -0.05) is 20.8 Å². The number of nitrogens with one attached hydrogen (secondary N) is 1. The minimum absolute atomic E-state index is 0.0110. The van der Waals surface area contributed by atoms with E-state index in [0.29, 0.717) is 5.41 Å². The van der Waals surface area contributed by atoms with Crippen molar-refractivity contribution < 1.29 is 4.79 Å². The van der Waals surface area contributed by atoms with Crippen molar-refractivity contribution in [2.45, 2.75) is 39.7 Å². The Morgan fingerprint density at radius 2 is 2.08 bits per heavy atom. The van der Waals surface area contributed by atoms with Crippen LogP contribution in [-0.4, -0.2) is 18.5 Å². The Bertz CT molecular complexity index is 197. The van der Waals surface area contributed by atoms with Crippen molar-refractivity contribution in [3.8, 4) is 0 Å². The Labute approximate surface area is 80.1 Å². The molecular formula is C10H20N2O. The molecule has 3 heteroatoms. The van der Waals surface area contributed by atoms with Gasteiger partial charge in [0.2, 0.25) is 5.91 Å². The molecule has 1 amide bonds. The summed E-state index contributed by atoms with van der Waals surface area (Å²) in [7, 11) is 0. The van der Waals surface area contributed by atoms with Gasteiger partial charge in [-0.2, -0.15) is 0 Å². The van der Waals surface area contributed by atoms with Crippen LogP contribution >= 0.6 is 0 Å². The highest BCUT2D eigenvalue weighted by Gasteiger charge is 2.37. The second-order valence-electron chi connectivity index (χ2n) is 4.80. The van der Waals surface area contributed by atoms with Crippen molar-refractivity contribution in [3.05, 3.63) is 0 Å². The van der Waals surface area contributed by atoms with E-state index in [-0.39, 0.29) is 17.9 Å². The van der Waals surface area contributed by atoms with E-state index in [9.17, 15) is 4.79 Å². The van der Waals surface area contributed by atoms with Gasteiger partial charge in [-0.15, -0.1) is 0 Å². The molecule has 3 N–H and O–H groups in total. The zero-order valence-electron chi connectivity index (χ0n) is 8.76. The monoisotopic (exact) mass is 184 g/mol. The molecule has 0 aromatic rings. The molecule has 0 aliphatic heterocycles. The molecule has 0 spiro atoms. The van der Waals surface area contributed by atoms with Crippen molar-refractivity contribution in [2.24, 2.45) is 17.1 Å². The van der Waals surface area contributed by atoms with Crippen molar-refractivity contribution in [3.63, 3.8) is 0 Å². The van der Waals surface area contributed by atoms with Gasteiger partial charge in [-0.3, -0.25) is 4.79 Å². The predicted molar refractivity (Wildman–Crippen MR) is 53.2 cm³/mol. The van der Waals surface area contributed by atoms with E-state index in [4.69, 9.17) is 5.73 Å². The normalized spacial score (nSPS) is 21.3. The van der Waals surface area contributed by atoms with E-state index < -0.39 is 0 Å². The van der Waals surface area contributed by atoms with Gasteiger partial charge in [0.1, 0.15) is 0 Å². The van der Waals surface area contributed by atoms with Gasteiger partial charge < -0.3 is 11.1 Å². The molecule has 0 bridgehead atoms. The van der Waals surface area contributed by atoms with Crippen LogP contribution in [0.15, 0.2) is 0 Å². The lowest BCUT2D eigenvalue weighted by Gasteiger charge is -2.17. The number of hydrogen-bond acceptors (Lipinski definition) is 2. The number of hydrogen-bond donors (Lipinski definition) is 2. The van der Waals surface area contributed by atoms with Crippen molar-refractivity contribution in [1.29, 1.82) is 0 Å². The lowest BCUT2D eigenvalue weighted by Crippen LogP contribution is -2.45. The Kier molecular flexibility index (Phi) is 2.96.